The van der Waals surface area contributed by atoms with E-state index < -0.39 is 80.7 Å². The summed E-state index contributed by atoms with van der Waals surface area (Å²) >= 11 is 0. The molecule has 2 saturated carbocycles. The van der Waals surface area contributed by atoms with Gasteiger partial charge < -0.3 is 28.1 Å². The van der Waals surface area contributed by atoms with Crippen LogP contribution < -0.4 is 10.4 Å². The molecule has 3 aliphatic heterocycles. The smallest absolute Gasteiger partial charge is 0.351 e. The van der Waals surface area contributed by atoms with Crippen LogP contribution in [0.2, 0.25) is 0 Å². The summed E-state index contributed by atoms with van der Waals surface area (Å²) in [7, 11) is 0. The Hall–Kier alpha value is -3.89. The molecule has 2 saturated heterocycles. The van der Waals surface area contributed by atoms with Crippen LogP contribution in [0.4, 0.5) is 0 Å². The van der Waals surface area contributed by atoms with Crippen LogP contribution in [0.5, 0.6) is 5.75 Å². The Kier molecular flexibility index (Phi) is 5.74. The fourth-order valence-electron chi connectivity index (χ4n) is 8.55. The number of fused-ring (bicyclic) bond motifs is 7. The van der Waals surface area contributed by atoms with Gasteiger partial charge in [-0.05, 0) is 71.1 Å². The lowest BCUT2D eigenvalue weighted by Gasteiger charge is -2.42. The number of hydrogen-bond acceptors (Lipinski definition) is 11. The summed E-state index contributed by atoms with van der Waals surface area (Å²) in [5.74, 6) is -2.22. The van der Waals surface area contributed by atoms with Crippen molar-refractivity contribution < 1.29 is 47.3 Å². The minimum atomic E-state index is -1.58. The normalized spacial score (nSPS) is 38.4. The Bertz CT molecular complexity index is 1790. The van der Waals surface area contributed by atoms with Crippen LogP contribution in [-0.4, -0.2) is 47.3 Å². The molecule has 5 aliphatic rings. The van der Waals surface area contributed by atoms with E-state index in [4.69, 9.17) is 28.1 Å². The second kappa shape index (κ2) is 8.67. The van der Waals surface area contributed by atoms with E-state index in [-0.39, 0.29) is 29.7 Å². The predicted molar refractivity (Wildman–Crippen MR) is 156 cm³/mol. The van der Waals surface area contributed by atoms with Crippen molar-refractivity contribution in [3.63, 3.8) is 0 Å². The summed E-state index contributed by atoms with van der Waals surface area (Å²) in [4.78, 5) is 67.1. The first kappa shape index (κ1) is 29.8. The molecule has 0 radical (unpaired) electrons. The fourth-order valence-corrected chi connectivity index (χ4v) is 8.55. The number of ether oxygens (including phenoxy) is 5. The zero-order chi connectivity index (χ0) is 32.7. The van der Waals surface area contributed by atoms with E-state index in [1.54, 1.807) is 39.8 Å². The van der Waals surface area contributed by atoms with Crippen LogP contribution in [0.3, 0.4) is 0 Å². The van der Waals surface area contributed by atoms with E-state index >= 15 is 0 Å². The van der Waals surface area contributed by atoms with E-state index in [1.807, 2.05) is 27.7 Å². The lowest BCUT2D eigenvalue weighted by Crippen LogP contribution is -2.54. The number of benzene rings is 1. The van der Waals surface area contributed by atoms with Gasteiger partial charge in [0.05, 0.1) is 16.4 Å². The molecular weight excluding hydrogens is 584 g/mol. The van der Waals surface area contributed by atoms with Gasteiger partial charge in [0, 0.05) is 22.3 Å². The molecule has 4 bridgehead atoms. The molecule has 45 heavy (non-hydrogen) atoms. The fraction of sp³-hybridized carbons (Fsp3) is 0.618. The average molecular weight is 623 g/mol. The van der Waals surface area contributed by atoms with Gasteiger partial charge in [-0.25, -0.2) is 14.4 Å². The summed E-state index contributed by atoms with van der Waals surface area (Å²) in [6, 6.07) is 4.78. The first-order chi connectivity index (χ1) is 20.9. The zero-order valence-electron chi connectivity index (χ0n) is 26.8. The number of aryl methyl sites for hydroxylation is 1. The van der Waals surface area contributed by atoms with Crippen LogP contribution in [-0.2, 0) is 38.1 Å². The van der Waals surface area contributed by atoms with Gasteiger partial charge in [0.25, 0.3) is 0 Å². The summed E-state index contributed by atoms with van der Waals surface area (Å²) < 4.78 is 36.0. The lowest BCUT2D eigenvalue weighted by atomic mass is 9.66. The maximum atomic E-state index is 14.3. The minimum absolute atomic E-state index is 0.124. The molecule has 0 amide bonds. The molecule has 1 aromatic heterocycles. The van der Waals surface area contributed by atoms with Crippen molar-refractivity contribution in [2.24, 2.45) is 21.7 Å². The Morgan fingerprint density at radius 3 is 1.82 bits per heavy atom. The number of esters is 4. The molecule has 2 aliphatic carbocycles. The van der Waals surface area contributed by atoms with Crippen LogP contribution in [0.1, 0.15) is 91.4 Å². The van der Waals surface area contributed by atoms with Gasteiger partial charge in [-0.15, -0.1) is 0 Å². The first-order valence-corrected chi connectivity index (χ1v) is 15.5. The van der Waals surface area contributed by atoms with Gasteiger partial charge in [-0.3, -0.25) is 9.59 Å². The molecule has 1 aromatic carbocycles. The molecule has 4 heterocycles. The van der Waals surface area contributed by atoms with Crippen molar-refractivity contribution in [3.05, 3.63) is 39.7 Å². The molecule has 0 N–H and O–H groups in total. The van der Waals surface area contributed by atoms with Crippen molar-refractivity contribution in [1.82, 2.24) is 0 Å². The van der Waals surface area contributed by atoms with Crippen LogP contribution >= 0.6 is 0 Å². The number of rotatable bonds is 4. The molecule has 7 rings (SSSR count). The van der Waals surface area contributed by atoms with Crippen molar-refractivity contribution >= 4 is 34.8 Å². The Morgan fingerprint density at radius 2 is 1.33 bits per heavy atom. The van der Waals surface area contributed by atoms with Crippen molar-refractivity contribution in [3.8, 4) is 5.75 Å². The van der Waals surface area contributed by atoms with Crippen molar-refractivity contribution in [2.75, 3.05) is 0 Å². The van der Waals surface area contributed by atoms with Gasteiger partial charge in [0.1, 0.15) is 17.4 Å². The third kappa shape index (κ3) is 3.29. The van der Waals surface area contributed by atoms with E-state index in [2.05, 4.69) is 0 Å². The molecule has 11 heteroatoms. The van der Waals surface area contributed by atoms with Crippen molar-refractivity contribution in [1.29, 1.82) is 0 Å². The Labute approximate surface area is 259 Å². The van der Waals surface area contributed by atoms with Gasteiger partial charge in [-0.1, -0.05) is 27.7 Å². The van der Waals surface area contributed by atoms with Gasteiger partial charge in [0.2, 0.25) is 11.2 Å². The number of carbonyl (C=O) groups excluding carboxylic acids is 4. The highest BCUT2D eigenvalue weighted by molar-refractivity contribution is 5.95. The van der Waals surface area contributed by atoms with Crippen LogP contribution in [0.15, 0.2) is 27.4 Å². The van der Waals surface area contributed by atoms with Gasteiger partial charge in [0.15, 0.2) is 12.2 Å². The molecule has 11 nitrogen and oxygen atoms in total. The summed E-state index contributed by atoms with van der Waals surface area (Å²) in [6.45, 7) is 14.3. The molecule has 0 spiro atoms. The Morgan fingerprint density at radius 1 is 0.800 bits per heavy atom. The van der Waals surface area contributed by atoms with E-state index in [1.165, 1.54) is 6.07 Å². The second-order valence-corrected chi connectivity index (χ2v) is 15.0. The molecule has 240 valence electrons. The highest BCUT2D eigenvalue weighted by atomic mass is 16.7. The SMILES string of the molecule is Cc1cc(=O)oc2c3c(ccc12)O[C@H](C)[C@@H](OC(=O)[C@@]12CC[C@@](C)(C(=O)O1)C2(C)C)[C@H]3OC(=O)[C@@]12CC[C@@](C)(C(=O)O1)C2(C)C. The van der Waals surface area contributed by atoms with Gasteiger partial charge >= 0.3 is 29.5 Å². The first-order valence-electron chi connectivity index (χ1n) is 15.5. The topological polar surface area (TPSA) is 145 Å². The highest BCUT2D eigenvalue weighted by Gasteiger charge is 2.78. The molecule has 7 atom stereocenters. The van der Waals surface area contributed by atoms with E-state index in [0.29, 0.717) is 23.8 Å². The largest absolute Gasteiger partial charge is 0.486 e. The average Bonchev–Trinajstić information content (AvgIpc) is 3.42. The number of carbonyl (C=O) groups is 4. The standard InChI is InChI=1S/C34H38O11/c1-16-15-20(35)41-23-18(16)9-10-19-21(23)24(43-28(39)34-14-12-32(8,26(37)45-34)30(34,5)6)22(17(2)40-19)42-27(38)33-13-11-31(7,25(36)44-33)29(33,3)4/h9-10,15,17,22,24H,11-14H2,1-8H3/t17-,22-,24+,31+,32+,33-,34-/m1/s1. The lowest BCUT2D eigenvalue weighted by molar-refractivity contribution is -0.209. The maximum absolute atomic E-state index is 14.3. The minimum Gasteiger partial charge on any atom is -0.486 e. The molecule has 2 aromatic rings. The summed E-state index contributed by atoms with van der Waals surface area (Å²) in [5, 5.41) is 0.577. The third-order valence-electron chi connectivity index (χ3n) is 12.8. The summed E-state index contributed by atoms with van der Waals surface area (Å²) in [6.07, 6.45) is -2.00. The maximum Gasteiger partial charge on any atom is 0.351 e. The van der Waals surface area contributed by atoms with E-state index in [0.717, 1.165) is 0 Å². The Balaban J connectivity index is 1.34. The number of hydrogen-bond donors (Lipinski definition) is 0. The quantitative estimate of drug-likeness (QED) is 0.267. The third-order valence-corrected chi connectivity index (χ3v) is 12.8. The predicted octanol–water partition coefficient (Wildman–Crippen LogP) is 4.62. The van der Waals surface area contributed by atoms with Crippen LogP contribution in [0, 0.1) is 28.6 Å². The highest BCUT2D eigenvalue weighted by Crippen LogP contribution is 2.67. The molecule has 0 unspecified atom stereocenters. The van der Waals surface area contributed by atoms with Crippen molar-refractivity contribution in [2.45, 2.75) is 111 Å². The monoisotopic (exact) mass is 622 g/mol. The van der Waals surface area contributed by atoms with E-state index in [9.17, 15) is 24.0 Å². The van der Waals surface area contributed by atoms with Gasteiger partial charge in [-0.2, -0.15) is 0 Å². The molecule has 4 fully saturated rings. The zero-order valence-corrected chi connectivity index (χ0v) is 26.8. The van der Waals surface area contributed by atoms with Crippen LogP contribution in [0.25, 0.3) is 11.0 Å². The second-order valence-electron chi connectivity index (χ2n) is 15.0. The summed E-state index contributed by atoms with van der Waals surface area (Å²) in [5.41, 5.74) is -6.33. The molecular formula is C34H38O11.